The summed E-state index contributed by atoms with van der Waals surface area (Å²) in [6.45, 7) is 5.93. The molecule has 0 amide bonds. The average Bonchev–Trinajstić information content (AvgIpc) is 2.61. The van der Waals surface area contributed by atoms with Crippen molar-refractivity contribution in [3.63, 3.8) is 0 Å². The van der Waals surface area contributed by atoms with Gasteiger partial charge in [0.05, 0.1) is 6.10 Å². The zero-order chi connectivity index (χ0) is 18.5. The molecule has 142 valence electrons. The lowest BCUT2D eigenvalue weighted by atomic mass is 10.1. The lowest BCUT2D eigenvalue weighted by Crippen LogP contribution is -2.48. The third-order valence-electron chi connectivity index (χ3n) is 4.42. The smallest absolute Gasteiger partial charge is 0.377 e. The monoisotopic (exact) mass is 350 g/mol. The number of hydrogen-bond acceptors (Lipinski definition) is 3. The van der Waals surface area contributed by atoms with Crippen molar-refractivity contribution in [3.05, 3.63) is 30.3 Å². The molecule has 4 nitrogen and oxygen atoms in total. The lowest BCUT2D eigenvalue weighted by molar-refractivity contribution is -0.227. The SMILES string of the molecule is CCCCCCCCCC(C)OC(CC)(Oc1ccccc1)C(=O)O. The summed E-state index contributed by atoms with van der Waals surface area (Å²) in [6.07, 6.45) is 9.58. The van der Waals surface area contributed by atoms with Crippen LogP contribution < -0.4 is 4.74 Å². The molecule has 2 unspecified atom stereocenters. The summed E-state index contributed by atoms with van der Waals surface area (Å²) < 4.78 is 11.6. The topological polar surface area (TPSA) is 55.8 Å². The predicted octanol–water partition coefficient (Wildman–Crippen LogP) is 5.80. The number of hydrogen-bond donors (Lipinski definition) is 1. The minimum atomic E-state index is -1.62. The van der Waals surface area contributed by atoms with Crippen LogP contribution in [0.3, 0.4) is 0 Å². The molecule has 0 aromatic heterocycles. The fraction of sp³-hybridized carbons (Fsp3) is 0.667. The summed E-state index contributed by atoms with van der Waals surface area (Å²) in [5.74, 6) is -2.19. The van der Waals surface area contributed by atoms with E-state index < -0.39 is 11.8 Å². The van der Waals surface area contributed by atoms with Crippen LogP contribution >= 0.6 is 0 Å². The van der Waals surface area contributed by atoms with Crippen LogP contribution in [0, 0.1) is 0 Å². The molecule has 0 radical (unpaired) electrons. The van der Waals surface area contributed by atoms with Gasteiger partial charge in [0.15, 0.2) is 0 Å². The van der Waals surface area contributed by atoms with Crippen LogP contribution in [0.15, 0.2) is 30.3 Å². The van der Waals surface area contributed by atoms with Crippen molar-refractivity contribution in [2.45, 2.75) is 90.4 Å². The fourth-order valence-corrected chi connectivity index (χ4v) is 2.88. The Bertz CT molecular complexity index is 474. The summed E-state index contributed by atoms with van der Waals surface area (Å²) in [5, 5.41) is 9.68. The second-order valence-corrected chi connectivity index (χ2v) is 6.67. The van der Waals surface area contributed by atoms with Gasteiger partial charge in [0.2, 0.25) is 0 Å². The molecule has 0 bridgehead atoms. The van der Waals surface area contributed by atoms with E-state index in [1.807, 2.05) is 25.1 Å². The van der Waals surface area contributed by atoms with E-state index in [1.54, 1.807) is 19.1 Å². The Balaban J connectivity index is 2.47. The number of carbonyl (C=O) groups is 1. The molecule has 0 saturated heterocycles. The maximum Gasteiger partial charge on any atom is 0.377 e. The van der Waals surface area contributed by atoms with Crippen LogP contribution in [0.4, 0.5) is 0 Å². The van der Waals surface area contributed by atoms with Crippen molar-refractivity contribution in [1.82, 2.24) is 0 Å². The van der Waals surface area contributed by atoms with Gasteiger partial charge in [0.25, 0.3) is 0 Å². The maximum absolute atomic E-state index is 11.8. The fourth-order valence-electron chi connectivity index (χ4n) is 2.88. The number of ether oxygens (including phenoxy) is 2. The van der Waals surface area contributed by atoms with E-state index in [4.69, 9.17) is 9.47 Å². The molecule has 0 spiro atoms. The van der Waals surface area contributed by atoms with Gasteiger partial charge < -0.3 is 14.6 Å². The molecule has 0 heterocycles. The highest BCUT2D eigenvalue weighted by Crippen LogP contribution is 2.26. The molecule has 0 aliphatic carbocycles. The first kappa shape index (κ1) is 21.5. The van der Waals surface area contributed by atoms with Crippen LogP contribution in [0.25, 0.3) is 0 Å². The highest BCUT2D eigenvalue weighted by molar-refractivity contribution is 5.76. The third kappa shape index (κ3) is 7.91. The van der Waals surface area contributed by atoms with Gasteiger partial charge in [-0.2, -0.15) is 0 Å². The Hall–Kier alpha value is -1.55. The van der Waals surface area contributed by atoms with E-state index in [9.17, 15) is 9.90 Å². The van der Waals surface area contributed by atoms with Crippen LogP contribution in [0.2, 0.25) is 0 Å². The summed E-state index contributed by atoms with van der Waals surface area (Å²) in [4.78, 5) is 11.8. The zero-order valence-electron chi connectivity index (χ0n) is 16.0. The normalized spacial score (nSPS) is 14.7. The van der Waals surface area contributed by atoms with Crippen molar-refractivity contribution < 1.29 is 19.4 Å². The average molecular weight is 350 g/mol. The molecule has 0 fully saturated rings. The highest BCUT2D eigenvalue weighted by Gasteiger charge is 2.42. The molecule has 1 aromatic carbocycles. The van der Waals surface area contributed by atoms with E-state index in [2.05, 4.69) is 6.92 Å². The molecule has 1 N–H and O–H groups in total. The third-order valence-corrected chi connectivity index (χ3v) is 4.42. The standard InChI is InChI=1S/C21H34O4/c1-4-6-7-8-9-10-12-15-18(3)24-21(5-2,20(22)23)25-19-16-13-11-14-17-19/h11,13-14,16-18H,4-10,12,15H2,1-3H3,(H,22,23). The minimum absolute atomic E-state index is 0.157. The van der Waals surface area contributed by atoms with Gasteiger partial charge in [-0.05, 0) is 25.5 Å². The summed E-state index contributed by atoms with van der Waals surface area (Å²) in [7, 11) is 0. The van der Waals surface area contributed by atoms with Gasteiger partial charge in [-0.1, -0.05) is 77.0 Å². The Morgan fingerprint density at radius 1 is 1.04 bits per heavy atom. The Morgan fingerprint density at radius 3 is 2.20 bits per heavy atom. The number of aliphatic carboxylic acids is 1. The highest BCUT2D eigenvalue weighted by atomic mass is 16.7. The molecule has 25 heavy (non-hydrogen) atoms. The molecule has 1 rings (SSSR count). The maximum atomic E-state index is 11.8. The molecule has 0 saturated carbocycles. The first-order valence-electron chi connectivity index (χ1n) is 9.69. The zero-order valence-corrected chi connectivity index (χ0v) is 16.0. The van der Waals surface area contributed by atoms with Gasteiger partial charge in [-0.15, -0.1) is 0 Å². The molecule has 2 atom stereocenters. The lowest BCUT2D eigenvalue weighted by Gasteiger charge is -2.32. The second kappa shape index (κ2) is 11.9. The van der Waals surface area contributed by atoms with E-state index in [0.29, 0.717) is 5.75 Å². The number of para-hydroxylation sites is 1. The number of rotatable bonds is 14. The van der Waals surface area contributed by atoms with Crippen LogP contribution in [0.5, 0.6) is 5.75 Å². The number of unbranched alkanes of at least 4 members (excludes halogenated alkanes) is 6. The molecular weight excluding hydrogens is 316 g/mol. The number of benzene rings is 1. The van der Waals surface area contributed by atoms with Gasteiger partial charge >= 0.3 is 11.8 Å². The summed E-state index contributed by atoms with van der Waals surface area (Å²) in [5.41, 5.74) is 0. The largest absolute Gasteiger partial charge is 0.476 e. The van der Waals surface area contributed by atoms with Crippen molar-refractivity contribution in [2.75, 3.05) is 0 Å². The van der Waals surface area contributed by atoms with Crippen LogP contribution in [-0.2, 0) is 9.53 Å². The Labute approximate surface area is 152 Å². The second-order valence-electron chi connectivity index (χ2n) is 6.67. The molecule has 1 aromatic rings. The predicted molar refractivity (Wildman–Crippen MR) is 101 cm³/mol. The van der Waals surface area contributed by atoms with Crippen molar-refractivity contribution in [2.24, 2.45) is 0 Å². The quantitative estimate of drug-likeness (QED) is 0.340. The Kier molecular flexibility index (Phi) is 10.2. The van der Waals surface area contributed by atoms with Gasteiger partial charge in [0.1, 0.15) is 5.75 Å². The van der Waals surface area contributed by atoms with E-state index in [0.717, 1.165) is 12.8 Å². The van der Waals surface area contributed by atoms with Crippen LogP contribution in [0.1, 0.15) is 78.6 Å². The van der Waals surface area contributed by atoms with E-state index in [-0.39, 0.29) is 12.5 Å². The first-order valence-corrected chi connectivity index (χ1v) is 9.69. The molecule has 0 aliphatic heterocycles. The van der Waals surface area contributed by atoms with Gasteiger partial charge in [-0.25, -0.2) is 4.79 Å². The molecular formula is C21H34O4. The van der Waals surface area contributed by atoms with Gasteiger partial charge in [0, 0.05) is 6.42 Å². The van der Waals surface area contributed by atoms with Crippen molar-refractivity contribution in [1.29, 1.82) is 0 Å². The Morgan fingerprint density at radius 2 is 1.64 bits per heavy atom. The number of carboxylic acids is 1. The van der Waals surface area contributed by atoms with Crippen molar-refractivity contribution >= 4 is 5.97 Å². The van der Waals surface area contributed by atoms with Gasteiger partial charge in [-0.3, -0.25) is 0 Å². The van der Waals surface area contributed by atoms with E-state index >= 15 is 0 Å². The first-order chi connectivity index (χ1) is 12.0. The van der Waals surface area contributed by atoms with Crippen molar-refractivity contribution in [3.8, 4) is 5.75 Å². The summed E-state index contributed by atoms with van der Waals surface area (Å²) in [6, 6.07) is 9.00. The number of carboxylic acid groups (broad SMARTS) is 1. The minimum Gasteiger partial charge on any atom is -0.476 e. The summed E-state index contributed by atoms with van der Waals surface area (Å²) >= 11 is 0. The molecule has 0 aliphatic rings. The molecule has 4 heteroatoms. The van der Waals surface area contributed by atoms with E-state index in [1.165, 1.54) is 38.5 Å². The van der Waals surface area contributed by atoms with Crippen LogP contribution in [-0.4, -0.2) is 23.0 Å².